The second-order valence-electron chi connectivity index (χ2n) is 5.27. The molecular formula is C15H19N3O5S2. The number of hydrogen-bond donors (Lipinski definition) is 2. The molecule has 2 N–H and O–H groups in total. The van der Waals surface area contributed by atoms with E-state index in [0.29, 0.717) is 6.42 Å². The van der Waals surface area contributed by atoms with E-state index in [9.17, 15) is 16.8 Å². The van der Waals surface area contributed by atoms with Crippen LogP contribution in [-0.4, -0.2) is 46.1 Å². The number of nitrogens with one attached hydrogen (secondary N) is 1. The van der Waals surface area contributed by atoms with Crippen LogP contribution in [0.15, 0.2) is 23.1 Å². The minimum Gasteiger partial charge on any atom is -0.395 e. The van der Waals surface area contributed by atoms with Crippen molar-refractivity contribution in [2.24, 2.45) is 0 Å². The maximum Gasteiger partial charge on any atom is 0.211 e. The molecule has 1 aromatic rings. The molecule has 0 amide bonds. The van der Waals surface area contributed by atoms with Crippen LogP contribution in [-0.2, 0) is 19.9 Å². The molecule has 0 bridgehead atoms. The first-order valence-corrected chi connectivity index (χ1v) is 10.7. The van der Waals surface area contributed by atoms with Gasteiger partial charge in [-0.15, -0.1) is 0 Å². The number of sulfonamides is 1. The molecule has 0 saturated carbocycles. The van der Waals surface area contributed by atoms with Crippen LogP contribution in [0.4, 0.5) is 11.4 Å². The molecule has 10 heteroatoms. The third-order valence-corrected chi connectivity index (χ3v) is 6.75. The van der Waals surface area contributed by atoms with E-state index >= 15 is 0 Å². The Morgan fingerprint density at radius 3 is 2.28 bits per heavy atom. The van der Waals surface area contributed by atoms with Gasteiger partial charge in [0.05, 0.1) is 36.2 Å². The van der Waals surface area contributed by atoms with Crippen LogP contribution in [0.3, 0.4) is 0 Å². The largest absolute Gasteiger partial charge is 0.395 e. The van der Waals surface area contributed by atoms with Gasteiger partial charge in [-0.2, -0.15) is 0 Å². The number of sulfone groups is 1. The minimum atomic E-state index is -3.77. The Morgan fingerprint density at radius 1 is 1.12 bits per heavy atom. The first-order chi connectivity index (χ1) is 11.7. The summed E-state index contributed by atoms with van der Waals surface area (Å²) in [4.78, 5) is 6.15. The van der Waals surface area contributed by atoms with Gasteiger partial charge >= 0.3 is 0 Å². The smallest absolute Gasteiger partial charge is 0.211 e. The number of hydrogen-bond acceptors (Lipinski definition) is 5. The lowest BCUT2D eigenvalue weighted by Gasteiger charge is -2.14. The Labute approximate surface area is 148 Å². The Kier molecular flexibility index (Phi) is 7.52. The van der Waals surface area contributed by atoms with Gasteiger partial charge in [0.15, 0.2) is 21.2 Å². The second kappa shape index (κ2) is 8.92. The van der Waals surface area contributed by atoms with Gasteiger partial charge in [-0.3, -0.25) is 9.69 Å². The van der Waals surface area contributed by atoms with Crippen molar-refractivity contribution in [3.05, 3.63) is 41.0 Å². The summed E-state index contributed by atoms with van der Waals surface area (Å²) >= 11 is 0. The number of rotatable bonds is 9. The lowest BCUT2D eigenvalue weighted by Crippen LogP contribution is -2.38. The molecular weight excluding hydrogens is 366 g/mol. The molecule has 0 aliphatic heterocycles. The summed E-state index contributed by atoms with van der Waals surface area (Å²) in [6.45, 7) is 15.3. The van der Waals surface area contributed by atoms with E-state index in [1.165, 1.54) is 12.1 Å². The van der Waals surface area contributed by atoms with Gasteiger partial charge in [-0.1, -0.05) is 19.1 Å². The Hall–Kier alpha value is -1.98. The summed E-state index contributed by atoms with van der Waals surface area (Å²) in [7, 11) is -7.46. The SMILES string of the molecule is [C-]#[N+]c1ccc(S(=O)(=O)CCCS(=O)(=O)NC(CC)CO)cc1[N+]#[C-]. The topological polar surface area (TPSA) is 109 Å². The number of nitrogens with zero attached hydrogens (tertiary/aromatic N) is 2. The highest BCUT2D eigenvalue weighted by molar-refractivity contribution is 7.91. The van der Waals surface area contributed by atoms with Crippen molar-refractivity contribution in [3.63, 3.8) is 0 Å². The van der Waals surface area contributed by atoms with E-state index in [0.717, 1.165) is 6.07 Å². The van der Waals surface area contributed by atoms with Gasteiger partial charge in [0.25, 0.3) is 0 Å². The van der Waals surface area contributed by atoms with Crippen LogP contribution in [0.5, 0.6) is 0 Å². The highest BCUT2D eigenvalue weighted by Crippen LogP contribution is 2.31. The van der Waals surface area contributed by atoms with Gasteiger partial charge in [-0.25, -0.2) is 21.6 Å². The van der Waals surface area contributed by atoms with Crippen molar-refractivity contribution in [2.45, 2.75) is 30.7 Å². The predicted molar refractivity (Wildman–Crippen MR) is 93.7 cm³/mol. The molecule has 1 rings (SSSR count). The average Bonchev–Trinajstić information content (AvgIpc) is 2.58. The Morgan fingerprint density at radius 2 is 1.76 bits per heavy atom. The van der Waals surface area contributed by atoms with Gasteiger partial charge < -0.3 is 5.11 Å². The van der Waals surface area contributed by atoms with Crippen molar-refractivity contribution >= 4 is 31.2 Å². The molecule has 1 unspecified atom stereocenters. The lowest BCUT2D eigenvalue weighted by molar-refractivity contribution is 0.254. The molecule has 0 radical (unpaired) electrons. The standard InChI is InChI=1S/C15H19N3O5S2/c1-4-12(11-19)18-25(22,23)9-5-8-24(20,21)13-6-7-14(16-2)15(10-13)17-3/h6-7,10,12,18-19H,4-5,8-9,11H2,1H3. The van der Waals surface area contributed by atoms with Crippen molar-refractivity contribution in [3.8, 4) is 0 Å². The van der Waals surface area contributed by atoms with Gasteiger partial charge in [0, 0.05) is 6.04 Å². The van der Waals surface area contributed by atoms with E-state index in [-0.39, 0.29) is 29.3 Å². The highest BCUT2D eigenvalue weighted by Gasteiger charge is 2.20. The van der Waals surface area contributed by atoms with E-state index in [1.54, 1.807) is 6.92 Å². The summed E-state index contributed by atoms with van der Waals surface area (Å²) in [6, 6.07) is 3.03. The Bertz CT molecular complexity index is 892. The highest BCUT2D eigenvalue weighted by atomic mass is 32.2. The molecule has 0 saturated heterocycles. The fraction of sp³-hybridized carbons (Fsp3) is 0.467. The quantitative estimate of drug-likeness (QED) is 0.628. The van der Waals surface area contributed by atoms with Crippen LogP contribution in [0.25, 0.3) is 9.69 Å². The first kappa shape index (κ1) is 21.1. The van der Waals surface area contributed by atoms with Crippen LogP contribution in [0, 0.1) is 13.1 Å². The predicted octanol–water partition coefficient (Wildman–Crippen LogP) is 1.64. The molecule has 136 valence electrons. The summed E-state index contributed by atoms with van der Waals surface area (Å²) in [5.74, 6) is -0.794. The van der Waals surface area contributed by atoms with Gasteiger partial charge in [0.1, 0.15) is 0 Å². The zero-order valence-electron chi connectivity index (χ0n) is 13.6. The fourth-order valence-corrected chi connectivity index (χ4v) is 4.90. The van der Waals surface area contributed by atoms with Crippen molar-refractivity contribution in [2.75, 3.05) is 18.1 Å². The third kappa shape index (κ3) is 6.11. The van der Waals surface area contributed by atoms with E-state index in [1.807, 2.05) is 0 Å². The maximum atomic E-state index is 12.3. The summed E-state index contributed by atoms with van der Waals surface area (Å²) in [5, 5.41) is 9.02. The third-order valence-electron chi connectivity index (χ3n) is 3.43. The fourth-order valence-electron chi connectivity index (χ4n) is 2.00. The first-order valence-electron chi connectivity index (χ1n) is 7.41. The number of aliphatic hydroxyl groups excluding tert-OH is 1. The van der Waals surface area contributed by atoms with E-state index < -0.39 is 37.4 Å². The molecule has 0 fully saturated rings. The van der Waals surface area contributed by atoms with Crippen molar-refractivity contribution in [1.82, 2.24) is 4.72 Å². The number of benzene rings is 1. The second-order valence-corrected chi connectivity index (χ2v) is 9.25. The Balaban J connectivity index is 2.80. The normalized spacial score (nSPS) is 13.0. The molecule has 8 nitrogen and oxygen atoms in total. The van der Waals surface area contributed by atoms with Crippen LogP contribution >= 0.6 is 0 Å². The molecule has 0 aliphatic carbocycles. The summed E-state index contributed by atoms with van der Waals surface area (Å²) in [5.41, 5.74) is 0.00874. The van der Waals surface area contributed by atoms with Crippen molar-refractivity contribution < 1.29 is 21.9 Å². The zero-order chi connectivity index (χ0) is 19.1. The van der Waals surface area contributed by atoms with E-state index in [4.69, 9.17) is 18.3 Å². The summed E-state index contributed by atoms with van der Waals surface area (Å²) in [6.07, 6.45) is 0.290. The number of aliphatic hydroxyl groups is 1. The van der Waals surface area contributed by atoms with Gasteiger partial charge in [-0.05, 0) is 18.9 Å². The molecule has 1 atom stereocenters. The molecule has 0 aliphatic rings. The molecule has 1 aromatic carbocycles. The zero-order valence-corrected chi connectivity index (χ0v) is 15.3. The monoisotopic (exact) mass is 385 g/mol. The minimum absolute atomic E-state index is 0.0564. The summed E-state index contributed by atoms with van der Waals surface area (Å²) < 4.78 is 50.6. The van der Waals surface area contributed by atoms with Gasteiger partial charge in [0.2, 0.25) is 10.0 Å². The van der Waals surface area contributed by atoms with E-state index in [2.05, 4.69) is 14.4 Å². The average molecular weight is 385 g/mol. The van der Waals surface area contributed by atoms with Crippen LogP contribution in [0.2, 0.25) is 0 Å². The lowest BCUT2D eigenvalue weighted by atomic mass is 10.3. The molecule has 0 aromatic heterocycles. The molecule has 0 heterocycles. The molecule has 25 heavy (non-hydrogen) atoms. The molecule has 0 spiro atoms. The maximum absolute atomic E-state index is 12.3. The van der Waals surface area contributed by atoms with Crippen molar-refractivity contribution in [1.29, 1.82) is 0 Å². The van der Waals surface area contributed by atoms with Crippen LogP contribution < -0.4 is 4.72 Å². The van der Waals surface area contributed by atoms with Crippen LogP contribution in [0.1, 0.15) is 19.8 Å².